The summed E-state index contributed by atoms with van der Waals surface area (Å²) in [5, 5.41) is 3.27. The third-order valence-corrected chi connectivity index (χ3v) is 3.21. The van der Waals surface area contributed by atoms with Gasteiger partial charge in [0.2, 0.25) is 5.75 Å². The Morgan fingerprint density at radius 3 is 2.76 bits per heavy atom. The van der Waals surface area contributed by atoms with Gasteiger partial charge in [-0.3, -0.25) is 0 Å². The maximum atomic E-state index is 5.35. The molecule has 6 nitrogen and oxygen atoms in total. The van der Waals surface area contributed by atoms with Crippen LogP contribution in [0.1, 0.15) is 25.7 Å². The minimum Gasteiger partial charge on any atom is -0.490 e. The zero-order chi connectivity index (χ0) is 12.1. The quantitative estimate of drug-likeness (QED) is 0.512. The molecule has 4 N–H and O–H groups in total. The molecule has 17 heavy (non-hydrogen) atoms. The molecule has 0 saturated heterocycles. The van der Waals surface area contributed by atoms with Crippen LogP contribution in [0.5, 0.6) is 5.75 Å². The van der Waals surface area contributed by atoms with E-state index < -0.39 is 0 Å². The lowest BCUT2D eigenvalue weighted by atomic mass is 9.83. The topological polar surface area (TPSA) is 85.1 Å². The minimum absolute atomic E-state index is 0.494. The monoisotopic (exact) mass is 237 g/mol. The molecule has 0 unspecified atom stereocenters. The van der Waals surface area contributed by atoms with Crippen LogP contribution in [0.25, 0.3) is 0 Å². The Balaban J connectivity index is 1.93. The number of nitrogens with zero attached hydrogens (tertiary/aromatic N) is 2. The lowest BCUT2D eigenvalue weighted by Crippen LogP contribution is -2.17. The van der Waals surface area contributed by atoms with Crippen molar-refractivity contribution in [3.63, 3.8) is 0 Å². The second kappa shape index (κ2) is 5.67. The van der Waals surface area contributed by atoms with Crippen LogP contribution in [-0.4, -0.2) is 23.6 Å². The van der Waals surface area contributed by atoms with E-state index in [2.05, 4.69) is 20.7 Å². The molecule has 1 aliphatic rings. The number of hydrogen-bond acceptors (Lipinski definition) is 6. The van der Waals surface area contributed by atoms with Crippen molar-refractivity contribution >= 4 is 11.6 Å². The van der Waals surface area contributed by atoms with Crippen molar-refractivity contribution in [3.8, 4) is 5.75 Å². The molecular formula is C11H19N5O. The fourth-order valence-corrected chi connectivity index (χ4v) is 1.97. The lowest BCUT2D eigenvalue weighted by Gasteiger charge is -2.25. The number of hydrogen-bond donors (Lipinski definition) is 3. The van der Waals surface area contributed by atoms with Crippen LogP contribution in [0, 0.1) is 5.92 Å². The first-order valence-corrected chi connectivity index (χ1v) is 5.94. The van der Waals surface area contributed by atoms with Crippen LogP contribution >= 0.6 is 0 Å². The van der Waals surface area contributed by atoms with Gasteiger partial charge in [0.05, 0.1) is 7.11 Å². The number of ether oxygens (including phenoxy) is 1. The van der Waals surface area contributed by atoms with Gasteiger partial charge in [-0.2, -0.15) is 0 Å². The average Bonchev–Trinajstić information content (AvgIpc) is 2.31. The van der Waals surface area contributed by atoms with Gasteiger partial charge in [0.15, 0.2) is 11.6 Å². The number of rotatable bonds is 6. The molecule has 1 aromatic heterocycles. The molecule has 0 atom stereocenters. The third kappa shape index (κ3) is 2.76. The van der Waals surface area contributed by atoms with E-state index in [0.717, 1.165) is 12.5 Å². The highest BCUT2D eigenvalue weighted by Gasteiger charge is 2.17. The Morgan fingerprint density at radius 1 is 1.41 bits per heavy atom. The van der Waals surface area contributed by atoms with E-state index in [9.17, 15) is 0 Å². The van der Waals surface area contributed by atoms with E-state index in [1.54, 1.807) is 7.11 Å². The molecule has 1 saturated carbocycles. The van der Waals surface area contributed by atoms with E-state index in [4.69, 9.17) is 10.6 Å². The summed E-state index contributed by atoms with van der Waals surface area (Å²) >= 11 is 0. The molecule has 0 spiro atoms. The summed E-state index contributed by atoms with van der Waals surface area (Å²) in [5.74, 6) is 7.97. The molecule has 0 bridgehead atoms. The van der Waals surface area contributed by atoms with Gasteiger partial charge in [0.25, 0.3) is 0 Å². The van der Waals surface area contributed by atoms with Gasteiger partial charge in [0, 0.05) is 6.54 Å². The maximum absolute atomic E-state index is 5.35. The zero-order valence-corrected chi connectivity index (χ0v) is 10.1. The van der Waals surface area contributed by atoms with E-state index in [-0.39, 0.29) is 0 Å². The molecule has 1 fully saturated rings. The van der Waals surface area contributed by atoms with Gasteiger partial charge in [-0.25, -0.2) is 15.8 Å². The fraction of sp³-hybridized carbons (Fsp3) is 0.636. The average molecular weight is 237 g/mol. The SMILES string of the molecule is COc1c(NN)ncnc1NCCC1CCC1. The summed E-state index contributed by atoms with van der Waals surface area (Å²) in [7, 11) is 1.58. The van der Waals surface area contributed by atoms with Crippen LogP contribution in [0.3, 0.4) is 0 Å². The summed E-state index contributed by atoms with van der Waals surface area (Å²) in [6.45, 7) is 0.905. The summed E-state index contributed by atoms with van der Waals surface area (Å²) in [6.07, 6.45) is 6.74. The largest absolute Gasteiger partial charge is 0.490 e. The molecule has 1 heterocycles. The molecular weight excluding hydrogens is 218 g/mol. The number of nitrogens with one attached hydrogen (secondary N) is 2. The Morgan fingerprint density at radius 2 is 2.18 bits per heavy atom. The van der Waals surface area contributed by atoms with Crippen LogP contribution in [0.15, 0.2) is 6.33 Å². The zero-order valence-electron chi connectivity index (χ0n) is 10.1. The molecule has 0 aliphatic heterocycles. The van der Waals surface area contributed by atoms with Gasteiger partial charge in [-0.1, -0.05) is 19.3 Å². The number of nitrogen functional groups attached to an aromatic ring is 1. The Hall–Kier alpha value is -1.56. The van der Waals surface area contributed by atoms with Crippen molar-refractivity contribution in [2.24, 2.45) is 11.8 Å². The summed E-state index contributed by atoms with van der Waals surface area (Å²) in [6, 6.07) is 0. The van der Waals surface area contributed by atoms with Crippen molar-refractivity contribution in [1.29, 1.82) is 0 Å². The molecule has 1 aromatic rings. The molecule has 2 rings (SSSR count). The van der Waals surface area contributed by atoms with Crippen molar-refractivity contribution in [1.82, 2.24) is 9.97 Å². The second-order valence-corrected chi connectivity index (χ2v) is 4.26. The van der Waals surface area contributed by atoms with Crippen molar-refractivity contribution in [2.45, 2.75) is 25.7 Å². The minimum atomic E-state index is 0.494. The molecule has 94 valence electrons. The first kappa shape index (κ1) is 11.9. The normalized spacial score (nSPS) is 15.2. The van der Waals surface area contributed by atoms with Crippen LogP contribution < -0.4 is 21.3 Å². The number of aromatic nitrogens is 2. The maximum Gasteiger partial charge on any atom is 0.205 e. The van der Waals surface area contributed by atoms with E-state index >= 15 is 0 Å². The summed E-state index contributed by atoms with van der Waals surface area (Å²) < 4.78 is 5.24. The molecule has 6 heteroatoms. The van der Waals surface area contributed by atoms with Crippen molar-refractivity contribution in [2.75, 3.05) is 24.4 Å². The van der Waals surface area contributed by atoms with Gasteiger partial charge in [0.1, 0.15) is 6.33 Å². The fourth-order valence-electron chi connectivity index (χ4n) is 1.97. The highest BCUT2D eigenvalue weighted by Crippen LogP contribution is 2.31. The molecule has 0 amide bonds. The number of anilines is 2. The number of hydrazine groups is 1. The van der Waals surface area contributed by atoms with Gasteiger partial charge in [-0.05, 0) is 12.3 Å². The van der Waals surface area contributed by atoms with Crippen LogP contribution in [0.4, 0.5) is 11.6 Å². The highest BCUT2D eigenvalue weighted by molar-refractivity contribution is 5.62. The van der Waals surface area contributed by atoms with E-state index in [1.165, 1.54) is 32.0 Å². The van der Waals surface area contributed by atoms with E-state index in [1.807, 2.05) is 0 Å². The lowest BCUT2D eigenvalue weighted by molar-refractivity contribution is 0.302. The molecule has 0 aromatic carbocycles. The number of nitrogens with two attached hydrogens (primary N) is 1. The summed E-state index contributed by atoms with van der Waals surface area (Å²) in [4.78, 5) is 8.14. The first-order chi connectivity index (χ1) is 8.35. The van der Waals surface area contributed by atoms with Crippen molar-refractivity contribution in [3.05, 3.63) is 6.33 Å². The second-order valence-electron chi connectivity index (χ2n) is 4.26. The van der Waals surface area contributed by atoms with E-state index in [0.29, 0.717) is 17.4 Å². The standard InChI is InChI=1S/C11H19N5O/c1-17-9-10(14-7-15-11(9)16-12)13-6-5-8-3-2-4-8/h7-8H,2-6,12H2,1H3,(H2,13,14,15,16). The van der Waals surface area contributed by atoms with Gasteiger partial charge in [-0.15, -0.1) is 0 Å². The third-order valence-electron chi connectivity index (χ3n) is 3.21. The van der Waals surface area contributed by atoms with Crippen LogP contribution in [0.2, 0.25) is 0 Å². The molecule has 0 radical (unpaired) electrons. The Bertz CT molecular complexity index is 367. The van der Waals surface area contributed by atoms with Gasteiger partial charge >= 0.3 is 0 Å². The predicted octanol–water partition coefficient (Wildman–Crippen LogP) is 1.37. The number of methoxy groups -OCH3 is 1. The highest BCUT2D eigenvalue weighted by atomic mass is 16.5. The Labute approximate surface area is 101 Å². The Kier molecular flexibility index (Phi) is 3.98. The predicted molar refractivity (Wildman–Crippen MR) is 66.8 cm³/mol. The first-order valence-electron chi connectivity index (χ1n) is 5.94. The smallest absolute Gasteiger partial charge is 0.205 e. The van der Waals surface area contributed by atoms with Gasteiger partial charge < -0.3 is 15.5 Å². The summed E-state index contributed by atoms with van der Waals surface area (Å²) in [5.41, 5.74) is 2.49. The van der Waals surface area contributed by atoms with Crippen LogP contribution in [-0.2, 0) is 0 Å². The van der Waals surface area contributed by atoms with Crippen molar-refractivity contribution < 1.29 is 4.74 Å². The molecule has 1 aliphatic carbocycles.